The average molecular weight is 240 g/mol. The molecule has 0 radical (unpaired) electrons. The summed E-state index contributed by atoms with van der Waals surface area (Å²) >= 11 is 0. The van der Waals surface area contributed by atoms with Gasteiger partial charge in [0.25, 0.3) is 0 Å². The third kappa shape index (κ3) is 2.08. The molecule has 0 spiro atoms. The summed E-state index contributed by atoms with van der Waals surface area (Å²) in [4.78, 5) is 3.27. The van der Waals surface area contributed by atoms with E-state index in [0.29, 0.717) is 6.04 Å². The van der Waals surface area contributed by atoms with Gasteiger partial charge in [0.15, 0.2) is 0 Å². The van der Waals surface area contributed by atoms with E-state index < -0.39 is 0 Å². The van der Waals surface area contributed by atoms with Gasteiger partial charge in [0, 0.05) is 17.9 Å². The lowest BCUT2D eigenvalue weighted by Crippen LogP contribution is -2.19. The summed E-state index contributed by atoms with van der Waals surface area (Å²) in [5, 5.41) is 3.63. The van der Waals surface area contributed by atoms with E-state index in [-0.39, 0.29) is 0 Å². The van der Waals surface area contributed by atoms with Gasteiger partial charge >= 0.3 is 0 Å². The molecule has 1 aromatic heterocycles. The van der Waals surface area contributed by atoms with Crippen LogP contribution in [0.2, 0.25) is 0 Å². The Hall–Kier alpha value is -1.54. The van der Waals surface area contributed by atoms with Crippen LogP contribution in [0.3, 0.4) is 0 Å². The number of rotatable bonds is 4. The molecule has 94 valence electrons. The van der Waals surface area contributed by atoms with Gasteiger partial charge in [0.05, 0.1) is 0 Å². The lowest BCUT2D eigenvalue weighted by atomic mass is 10.0. The Morgan fingerprint density at radius 3 is 3.06 bits per heavy atom. The maximum atomic E-state index is 3.63. The van der Waals surface area contributed by atoms with Crippen molar-refractivity contribution >= 4 is 0 Å². The van der Waals surface area contributed by atoms with E-state index in [4.69, 9.17) is 0 Å². The smallest absolute Gasteiger partial charge is 0.0453 e. The molecule has 2 aromatic rings. The molecule has 1 atom stereocenters. The maximum Gasteiger partial charge on any atom is 0.0453 e. The van der Waals surface area contributed by atoms with Gasteiger partial charge in [-0.15, -0.1) is 0 Å². The number of hydrogen-bond acceptors (Lipinski definition) is 1. The normalized spacial score (nSPS) is 17.9. The summed E-state index contributed by atoms with van der Waals surface area (Å²) < 4.78 is 0. The molecule has 1 heterocycles. The van der Waals surface area contributed by atoms with Crippen molar-refractivity contribution in [3.63, 3.8) is 0 Å². The van der Waals surface area contributed by atoms with Crippen molar-refractivity contribution in [2.45, 2.75) is 32.2 Å². The van der Waals surface area contributed by atoms with Crippen LogP contribution >= 0.6 is 0 Å². The monoisotopic (exact) mass is 240 g/mol. The second kappa shape index (κ2) is 4.99. The van der Waals surface area contributed by atoms with Crippen molar-refractivity contribution in [3.8, 4) is 11.3 Å². The summed E-state index contributed by atoms with van der Waals surface area (Å²) in [7, 11) is 0. The highest BCUT2D eigenvalue weighted by molar-refractivity contribution is 5.62. The topological polar surface area (TPSA) is 27.8 Å². The average Bonchev–Trinajstić information content (AvgIpc) is 3.05. The maximum absolute atomic E-state index is 3.63. The molecule has 0 fully saturated rings. The van der Waals surface area contributed by atoms with Crippen LogP contribution in [-0.4, -0.2) is 11.5 Å². The van der Waals surface area contributed by atoms with Crippen LogP contribution in [0.5, 0.6) is 0 Å². The van der Waals surface area contributed by atoms with Gasteiger partial charge in [-0.3, -0.25) is 0 Å². The van der Waals surface area contributed by atoms with Crippen LogP contribution in [0.25, 0.3) is 11.3 Å². The molecule has 2 nitrogen and oxygen atoms in total. The highest BCUT2D eigenvalue weighted by Crippen LogP contribution is 2.33. The summed E-state index contributed by atoms with van der Waals surface area (Å²) in [5.74, 6) is 0. The number of hydrogen-bond donors (Lipinski definition) is 2. The quantitative estimate of drug-likeness (QED) is 0.838. The van der Waals surface area contributed by atoms with Crippen molar-refractivity contribution in [1.82, 2.24) is 10.3 Å². The highest BCUT2D eigenvalue weighted by atomic mass is 14.9. The third-order valence-corrected chi connectivity index (χ3v) is 3.77. The fourth-order valence-corrected chi connectivity index (χ4v) is 2.83. The Morgan fingerprint density at radius 2 is 2.28 bits per heavy atom. The van der Waals surface area contributed by atoms with Crippen LogP contribution < -0.4 is 5.32 Å². The van der Waals surface area contributed by atoms with Gasteiger partial charge in [-0.1, -0.05) is 19.1 Å². The van der Waals surface area contributed by atoms with E-state index >= 15 is 0 Å². The Labute approximate surface area is 108 Å². The first-order valence-electron chi connectivity index (χ1n) is 6.88. The lowest BCUT2D eigenvalue weighted by molar-refractivity contribution is 0.529. The molecule has 2 N–H and O–H groups in total. The molecule has 1 aliphatic carbocycles. The van der Waals surface area contributed by atoms with Crippen molar-refractivity contribution in [3.05, 3.63) is 47.7 Å². The molecule has 0 amide bonds. The van der Waals surface area contributed by atoms with Gasteiger partial charge < -0.3 is 10.3 Å². The molecule has 3 rings (SSSR count). The van der Waals surface area contributed by atoms with Crippen LogP contribution in [0.1, 0.15) is 36.9 Å². The standard InChI is InChI=1S/C16H20N2/c1-2-9-17-16-8-6-12-11-13(5-7-14(12)16)15-4-3-10-18-15/h3-5,7,10-11,16-18H,2,6,8-9H2,1H3. The fourth-order valence-electron chi connectivity index (χ4n) is 2.83. The Kier molecular flexibility index (Phi) is 3.20. The van der Waals surface area contributed by atoms with Crippen molar-refractivity contribution in [2.75, 3.05) is 6.54 Å². The predicted molar refractivity (Wildman–Crippen MR) is 75.6 cm³/mol. The van der Waals surface area contributed by atoms with Crippen LogP contribution in [-0.2, 0) is 6.42 Å². The number of aromatic amines is 1. The number of benzene rings is 1. The molecule has 1 aromatic carbocycles. The Balaban J connectivity index is 1.85. The number of fused-ring (bicyclic) bond motifs is 1. The molecule has 1 aliphatic rings. The summed E-state index contributed by atoms with van der Waals surface area (Å²) in [6.07, 6.45) is 5.62. The molecular formula is C16H20N2. The van der Waals surface area contributed by atoms with Crippen molar-refractivity contribution in [1.29, 1.82) is 0 Å². The zero-order valence-electron chi connectivity index (χ0n) is 10.9. The number of aromatic nitrogens is 1. The minimum Gasteiger partial charge on any atom is -0.361 e. The third-order valence-electron chi connectivity index (χ3n) is 3.77. The van der Waals surface area contributed by atoms with E-state index in [1.165, 1.54) is 41.6 Å². The number of aryl methyl sites for hydroxylation is 1. The van der Waals surface area contributed by atoms with E-state index in [0.717, 1.165) is 6.54 Å². The second-order valence-electron chi connectivity index (χ2n) is 5.04. The Morgan fingerprint density at radius 1 is 1.33 bits per heavy atom. The van der Waals surface area contributed by atoms with E-state index in [1.807, 2.05) is 12.3 Å². The van der Waals surface area contributed by atoms with Crippen molar-refractivity contribution < 1.29 is 0 Å². The van der Waals surface area contributed by atoms with E-state index in [2.05, 4.69) is 41.5 Å². The van der Waals surface area contributed by atoms with Crippen LogP contribution in [0.15, 0.2) is 36.5 Å². The van der Waals surface area contributed by atoms with Gasteiger partial charge in [0.2, 0.25) is 0 Å². The van der Waals surface area contributed by atoms with Crippen LogP contribution in [0, 0.1) is 0 Å². The molecule has 18 heavy (non-hydrogen) atoms. The number of nitrogens with one attached hydrogen (secondary N) is 2. The van der Waals surface area contributed by atoms with E-state index in [9.17, 15) is 0 Å². The summed E-state index contributed by atoms with van der Waals surface area (Å²) in [6.45, 7) is 3.33. The largest absolute Gasteiger partial charge is 0.361 e. The fraction of sp³-hybridized carbons (Fsp3) is 0.375. The minimum absolute atomic E-state index is 0.567. The highest BCUT2D eigenvalue weighted by Gasteiger charge is 2.21. The lowest BCUT2D eigenvalue weighted by Gasteiger charge is -2.13. The number of H-pyrrole nitrogens is 1. The summed E-state index contributed by atoms with van der Waals surface area (Å²) in [5.41, 5.74) is 5.52. The molecule has 0 saturated heterocycles. The zero-order valence-corrected chi connectivity index (χ0v) is 10.9. The van der Waals surface area contributed by atoms with Gasteiger partial charge in [-0.2, -0.15) is 0 Å². The Bertz CT molecular complexity index is 514. The van der Waals surface area contributed by atoms with Gasteiger partial charge in [-0.25, -0.2) is 0 Å². The first-order valence-corrected chi connectivity index (χ1v) is 6.88. The van der Waals surface area contributed by atoms with E-state index in [1.54, 1.807) is 0 Å². The summed E-state index contributed by atoms with van der Waals surface area (Å²) in [6, 6.07) is 11.6. The first kappa shape index (κ1) is 11.5. The molecule has 0 saturated carbocycles. The predicted octanol–water partition coefficient (Wildman–Crippen LogP) is 3.67. The molecule has 0 bridgehead atoms. The van der Waals surface area contributed by atoms with Gasteiger partial charge in [-0.05, 0) is 60.7 Å². The molecule has 2 heteroatoms. The van der Waals surface area contributed by atoms with Crippen molar-refractivity contribution in [2.24, 2.45) is 0 Å². The SMILES string of the molecule is CCCNC1CCc2cc(-c3ccc[nH]3)ccc21. The molecule has 0 aliphatic heterocycles. The molecular weight excluding hydrogens is 220 g/mol. The van der Waals surface area contributed by atoms with Gasteiger partial charge in [0.1, 0.15) is 0 Å². The first-order chi connectivity index (χ1) is 8.88. The molecule has 1 unspecified atom stereocenters. The van der Waals surface area contributed by atoms with Crippen LogP contribution in [0.4, 0.5) is 0 Å². The zero-order chi connectivity index (χ0) is 12.4. The second-order valence-corrected chi connectivity index (χ2v) is 5.04. The minimum atomic E-state index is 0.567.